The van der Waals surface area contributed by atoms with E-state index in [0.717, 1.165) is 18.4 Å². The molecule has 1 saturated carbocycles. The van der Waals surface area contributed by atoms with Crippen molar-refractivity contribution in [1.82, 2.24) is 4.90 Å². The highest BCUT2D eigenvalue weighted by Crippen LogP contribution is 2.30. The molecule has 1 aromatic carbocycles. The third-order valence-corrected chi connectivity index (χ3v) is 3.69. The molecule has 0 aliphatic heterocycles. The van der Waals surface area contributed by atoms with Crippen molar-refractivity contribution in [2.24, 2.45) is 11.7 Å². The highest BCUT2D eigenvalue weighted by molar-refractivity contribution is 5.79. The van der Waals surface area contributed by atoms with Crippen molar-refractivity contribution in [3.63, 3.8) is 0 Å². The molecule has 1 fully saturated rings. The van der Waals surface area contributed by atoms with E-state index in [9.17, 15) is 9.18 Å². The van der Waals surface area contributed by atoms with E-state index in [0.29, 0.717) is 12.6 Å². The lowest BCUT2D eigenvalue weighted by Gasteiger charge is -2.27. The predicted molar refractivity (Wildman–Crippen MR) is 72.8 cm³/mol. The van der Waals surface area contributed by atoms with Gasteiger partial charge in [0.2, 0.25) is 5.91 Å². The minimum absolute atomic E-state index is 0.0711. The molecule has 0 saturated heterocycles. The van der Waals surface area contributed by atoms with E-state index >= 15 is 0 Å². The maximum atomic E-state index is 13.2. The molecule has 0 bridgehead atoms. The second-order valence-corrected chi connectivity index (χ2v) is 5.48. The van der Waals surface area contributed by atoms with Crippen LogP contribution < -0.4 is 5.73 Å². The van der Waals surface area contributed by atoms with E-state index in [1.807, 2.05) is 24.8 Å². The Balaban J connectivity index is 2.10. The monoisotopic (exact) mass is 264 g/mol. The fourth-order valence-corrected chi connectivity index (χ4v) is 2.09. The van der Waals surface area contributed by atoms with Gasteiger partial charge in [-0.25, -0.2) is 4.39 Å². The van der Waals surface area contributed by atoms with Gasteiger partial charge in [-0.15, -0.1) is 0 Å². The van der Waals surface area contributed by atoms with Gasteiger partial charge in [-0.1, -0.05) is 19.1 Å². The first kappa shape index (κ1) is 14.0. The molecule has 2 unspecified atom stereocenters. The molecule has 0 heterocycles. The van der Waals surface area contributed by atoms with E-state index in [1.165, 1.54) is 12.1 Å². The summed E-state index contributed by atoms with van der Waals surface area (Å²) < 4.78 is 13.2. The largest absolute Gasteiger partial charge is 0.335 e. The molecule has 0 radical (unpaired) electrons. The lowest BCUT2D eigenvalue weighted by Crippen LogP contribution is -2.42. The van der Waals surface area contributed by atoms with Crippen LogP contribution in [0, 0.1) is 11.7 Å². The molecule has 0 aromatic heterocycles. The number of carbonyl (C=O) groups excluding carboxylic acids is 1. The molecule has 2 atom stereocenters. The normalized spacial score (nSPS) is 17.9. The van der Waals surface area contributed by atoms with Gasteiger partial charge in [-0.05, 0) is 37.5 Å². The molecular weight excluding hydrogens is 243 g/mol. The second-order valence-electron chi connectivity index (χ2n) is 5.48. The Labute approximate surface area is 113 Å². The van der Waals surface area contributed by atoms with Gasteiger partial charge >= 0.3 is 0 Å². The predicted octanol–water partition coefficient (Wildman–Crippen LogP) is 2.30. The van der Waals surface area contributed by atoms with Gasteiger partial charge in [0.25, 0.3) is 0 Å². The Bertz CT molecular complexity index is 457. The van der Waals surface area contributed by atoms with Gasteiger partial charge in [0.15, 0.2) is 0 Å². The number of carbonyl (C=O) groups is 1. The number of halogens is 1. The fraction of sp³-hybridized carbons (Fsp3) is 0.533. The maximum Gasteiger partial charge on any atom is 0.227 e. The summed E-state index contributed by atoms with van der Waals surface area (Å²) in [6.45, 7) is 4.17. The zero-order valence-corrected chi connectivity index (χ0v) is 11.5. The first-order valence-electron chi connectivity index (χ1n) is 6.79. The first-order valence-corrected chi connectivity index (χ1v) is 6.79. The molecule has 3 nitrogen and oxygen atoms in total. The van der Waals surface area contributed by atoms with Crippen LogP contribution in [0.3, 0.4) is 0 Å². The number of amides is 1. The fourth-order valence-electron chi connectivity index (χ4n) is 2.09. The summed E-state index contributed by atoms with van der Waals surface area (Å²) in [7, 11) is 0. The molecule has 2 N–H and O–H groups in total. The van der Waals surface area contributed by atoms with Crippen LogP contribution in [-0.2, 0) is 11.3 Å². The van der Waals surface area contributed by atoms with Crippen LogP contribution in [0.5, 0.6) is 0 Å². The molecule has 19 heavy (non-hydrogen) atoms. The summed E-state index contributed by atoms with van der Waals surface area (Å²) in [5.41, 5.74) is 6.64. The highest BCUT2D eigenvalue weighted by Gasteiger charge is 2.35. The van der Waals surface area contributed by atoms with E-state index in [1.54, 1.807) is 6.07 Å². The molecule has 1 aromatic rings. The van der Waals surface area contributed by atoms with E-state index in [-0.39, 0.29) is 23.7 Å². The molecule has 104 valence electrons. The molecule has 4 heteroatoms. The summed E-state index contributed by atoms with van der Waals surface area (Å²) >= 11 is 0. The van der Waals surface area contributed by atoms with Crippen LogP contribution in [0.4, 0.5) is 4.39 Å². The lowest BCUT2D eigenvalue weighted by atomic mass is 10.0. The molecule has 1 aliphatic carbocycles. The van der Waals surface area contributed by atoms with Crippen LogP contribution in [0.2, 0.25) is 0 Å². The van der Waals surface area contributed by atoms with E-state index in [4.69, 9.17) is 5.73 Å². The smallest absolute Gasteiger partial charge is 0.227 e. The van der Waals surface area contributed by atoms with Gasteiger partial charge in [-0.3, -0.25) is 4.79 Å². The van der Waals surface area contributed by atoms with Crippen molar-refractivity contribution >= 4 is 5.91 Å². The average molecular weight is 264 g/mol. The van der Waals surface area contributed by atoms with Crippen molar-refractivity contribution in [1.29, 1.82) is 0 Å². The van der Waals surface area contributed by atoms with Gasteiger partial charge in [0.1, 0.15) is 5.82 Å². The Hall–Kier alpha value is -1.42. The SMILES string of the molecule is CC(N)C(C)C(=O)N(Cc1cccc(F)c1)C1CC1. The van der Waals surface area contributed by atoms with Crippen LogP contribution >= 0.6 is 0 Å². The maximum absolute atomic E-state index is 13.2. The quantitative estimate of drug-likeness (QED) is 0.887. The van der Waals surface area contributed by atoms with Crippen molar-refractivity contribution in [3.05, 3.63) is 35.6 Å². The molecule has 0 spiro atoms. The van der Waals surface area contributed by atoms with Crippen LogP contribution in [0.1, 0.15) is 32.3 Å². The summed E-state index contributed by atoms with van der Waals surface area (Å²) in [5.74, 6) is -0.392. The standard InChI is InChI=1S/C15H21FN2O/c1-10(11(2)17)15(19)18(14-6-7-14)9-12-4-3-5-13(16)8-12/h3-5,8,10-11,14H,6-7,9,17H2,1-2H3. The van der Waals surface area contributed by atoms with E-state index in [2.05, 4.69) is 0 Å². The summed E-state index contributed by atoms with van der Waals surface area (Å²) in [4.78, 5) is 14.3. The third-order valence-electron chi connectivity index (χ3n) is 3.69. The minimum Gasteiger partial charge on any atom is -0.335 e. The minimum atomic E-state index is -0.263. The zero-order valence-electron chi connectivity index (χ0n) is 11.5. The Morgan fingerprint density at radius 2 is 2.16 bits per heavy atom. The summed E-state index contributed by atoms with van der Waals surface area (Å²) in [5, 5.41) is 0. The molecule has 1 aliphatic rings. The third kappa shape index (κ3) is 3.53. The Morgan fingerprint density at radius 3 is 2.68 bits per heavy atom. The number of rotatable bonds is 5. The molecular formula is C15H21FN2O. The lowest BCUT2D eigenvalue weighted by molar-refractivity contribution is -0.136. The number of hydrogen-bond donors (Lipinski definition) is 1. The summed E-state index contributed by atoms with van der Waals surface area (Å²) in [6.07, 6.45) is 2.07. The number of nitrogens with zero attached hydrogens (tertiary/aromatic N) is 1. The average Bonchev–Trinajstić information content (AvgIpc) is 3.18. The Morgan fingerprint density at radius 1 is 1.47 bits per heavy atom. The number of hydrogen-bond acceptors (Lipinski definition) is 2. The van der Waals surface area contributed by atoms with Crippen molar-refractivity contribution < 1.29 is 9.18 Å². The van der Waals surface area contributed by atoms with Crippen LogP contribution in [0.25, 0.3) is 0 Å². The number of nitrogens with two attached hydrogens (primary N) is 1. The van der Waals surface area contributed by atoms with Crippen molar-refractivity contribution in [3.8, 4) is 0 Å². The van der Waals surface area contributed by atoms with Gasteiger partial charge < -0.3 is 10.6 Å². The van der Waals surface area contributed by atoms with Crippen LogP contribution in [0.15, 0.2) is 24.3 Å². The van der Waals surface area contributed by atoms with Gasteiger partial charge in [0, 0.05) is 18.6 Å². The van der Waals surface area contributed by atoms with E-state index < -0.39 is 0 Å². The molecule has 1 amide bonds. The Kier molecular flexibility index (Phi) is 4.20. The zero-order chi connectivity index (χ0) is 14.0. The number of benzene rings is 1. The second kappa shape index (κ2) is 5.70. The van der Waals surface area contributed by atoms with Gasteiger partial charge in [0.05, 0.1) is 5.92 Å². The first-order chi connectivity index (χ1) is 8.99. The van der Waals surface area contributed by atoms with Crippen LogP contribution in [-0.4, -0.2) is 22.9 Å². The molecule has 2 rings (SSSR count). The van der Waals surface area contributed by atoms with Crippen molar-refractivity contribution in [2.45, 2.75) is 45.3 Å². The van der Waals surface area contributed by atoms with Gasteiger partial charge in [-0.2, -0.15) is 0 Å². The topological polar surface area (TPSA) is 46.3 Å². The van der Waals surface area contributed by atoms with Crippen molar-refractivity contribution in [2.75, 3.05) is 0 Å². The summed E-state index contributed by atoms with van der Waals surface area (Å²) in [6, 6.07) is 6.56. The highest BCUT2D eigenvalue weighted by atomic mass is 19.1.